The van der Waals surface area contributed by atoms with Crippen LogP contribution in [-0.4, -0.2) is 75.5 Å². The maximum Gasteiger partial charge on any atom is 0.421 e. The molecule has 8 nitrogen and oxygen atoms in total. The minimum Gasteiger partial charge on any atom is -0.376 e. The first kappa shape index (κ1) is 31.4. The third-order valence-corrected chi connectivity index (χ3v) is 12.2. The Morgan fingerprint density at radius 3 is 2.20 bits per heavy atom. The number of hydrogen-bond acceptors (Lipinski definition) is 7. The summed E-state index contributed by atoms with van der Waals surface area (Å²) < 4.78 is 96.9. The Hall–Kier alpha value is -2.49. The van der Waals surface area contributed by atoms with Crippen LogP contribution < -0.4 is 4.90 Å². The molecule has 1 N–H and O–H groups in total. The highest BCUT2D eigenvalue weighted by molar-refractivity contribution is 7.91. The third kappa shape index (κ3) is 6.47. The number of hydrogen-bond donors (Lipinski definition) is 1. The first-order valence-corrected chi connectivity index (χ1v) is 16.7. The van der Waals surface area contributed by atoms with E-state index in [9.17, 15) is 35.1 Å². The molecule has 224 valence electrons. The molecular weight excluding hydrogens is 600 g/mol. The van der Waals surface area contributed by atoms with E-state index in [1.165, 1.54) is 51.1 Å². The molecule has 1 saturated heterocycles. The summed E-state index contributed by atoms with van der Waals surface area (Å²) in [5, 5.41) is 11.7. The molecule has 4 rings (SSSR count). The smallest absolute Gasteiger partial charge is 0.376 e. The van der Waals surface area contributed by atoms with E-state index in [1.54, 1.807) is 29.6 Å². The number of rotatable bonds is 10. The Labute approximate surface area is 242 Å². The molecule has 2 heterocycles. The van der Waals surface area contributed by atoms with Crippen molar-refractivity contribution in [3.8, 4) is 0 Å². The van der Waals surface area contributed by atoms with E-state index in [0.717, 1.165) is 11.3 Å². The Morgan fingerprint density at radius 2 is 1.63 bits per heavy atom. The number of alkyl halides is 3. The van der Waals surface area contributed by atoms with Crippen molar-refractivity contribution in [2.75, 3.05) is 37.6 Å². The lowest BCUT2D eigenvalue weighted by atomic mass is 9.95. The summed E-state index contributed by atoms with van der Waals surface area (Å²) in [4.78, 5) is 1.92. The van der Waals surface area contributed by atoms with Crippen molar-refractivity contribution in [1.82, 2.24) is 8.61 Å². The largest absolute Gasteiger partial charge is 0.421 e. The van der Waals surface area contributed by atoms with Crippen LogP contribution >= 0.6 is 11.3 Å². The molecule has 2 aromatic carbocycles. The van der Waals surface area contributed by atoms with E-state index in [0.29, 0.717) is 19.0 Å². The van der Waals surface area contributed by atoms with Gasteiger partial charge in [-0.3, -0.25) is 0 Å². The van der Waals surface area contributed by atoms with Crippen LogP contribution in [-0.2, 0) is 25.6 Å². The number of thiophene rings is 1. The van der Waals surface area contributed by atoms with Gasteiger partial charge in [-0.25, -0.2) is 16.8 Å². The highest BCUT2D eigenvalue weighted by Crippen LogP contribution is 2.39. The van der Waals surface area contributed by atoms with Gasteiger partial charge < -0.3 is 10.0 Å². The summed E-state index contributed by atoms with van der Waals surface area (Å²) >= 11 is 1.09. The second-order valence-electron chi connectivity index (χ2n) is 9.94. The van der Waals surface area contributed by atoms with Crippen LogP contribution in [0, 0.1) is 0 Å². The average molecular weight is 632 g/mol. The number of nitrogens with zero attached hydrogens (tertiary/aromatic N) is 3. The van der Waals surface area contributed by atoms with Crippen LogP contribution in [0.15, 0.2) is 81.2 Å². The first-order valence-electron chi connectivity index (χ1n) is 12.9. The van der Waals surface area contributed by atoms with Crippen molar-refractivity contribution in [1.29, 1.82) is 0 Å². The topological polar surface area (TPSA) is 98.2 Å². The second-order valence-corrected chi connectivity index (χ2v) is 15.0. The lowest BCUT2D eigenvalue weighted by molar-refractivity contribution is -0.258. The molecule has 0 saturated carbocycles. The van der Waals surface area contributed by atoms with E-state index in [1.807, 2.05) is 11.8 Å². The van der Waals surface area contributed by atoms with Crippen LogP contribution in [0.2, 0.25) is 0 Å². The maximum absolute atomic E-state index is 13.6. The molecule has 0 spiro atoms. The van der Waals surface area contributed by atoms with E-state index < -0.39 is 37.9 Å². The fourth-order valence-electron chi connectivity index (χ4n) is 4.76. The Morgan fingerprint density at radius 1 is 0.976 bits per heavy atom. The summed E-state index contributed by atoms with van der Waals surface area (Å²) in [5.74, 6) is 0. The summed E-state index contributed by atoms with van der Waals surface area (Å²) in [6, 6.07) is 15.7. The van der Waals surface area contributed by atoms with Crippen LogP contribution in [0.25, 0.3) is 0 Å². The van der Waals surface area contributed by atoms with E-state index >= 15 is 0 Å². The molecule has 1 fully saturated rings. The van der Waals surface area contributed by atoms with Crippen molar-refractivity contribution < 1.29 is 35.1 Å². The van der Waals surface area contributed by atoms with Gasteiger partial charge in [0.2, 0.25) is 10.0 Å². The van der Waals surface area contributed by atoms with Crippen molar-refractivity contribution in [2.45, 2.75) is 47.2 Å². The second kappa shape index (κ2) is 12.0. The molecule has 41 heavy (non-hydrogen) atoms. The molecule has 0 amide bonds. The van der Waals surface area contributed by atoms with Crippen molar-refractivity contribution in [2.24, 2.45) is 0 Å². The molecule has 1 aliphatic heterocycles. The summed E-state index contributed by atoms with van der Waals surface area (Å²) in [5.41, 5.74) is -2.91. The summed E-state index contributed by atoms with van der Waals surface area (Å²) in [6.45, 7) is 2.89. The molecule has 3 aromatic rings. The highest BCUT2D eigenvalue weighted by atomic mass is 32.2. The Bertz CT molecular complexity index is 1510. The van der Waals surface area contributed by atoms with Gasteiger partial charge in [-0.1, -0.05) is 43.3 Å². The van der Waals surface area contributed by atoms with Gasteiger partial charge in [0.05, 0.1) is 10.9 Å². The molecule has 1 unspecified atom stereocenters. The zero-order chi connectivity index (χ0) is 30.1. The van der Waals surface area contributed by atoms with Gasteiger partial charge in [0.25, 0.3) is 10.0 Å². The minimum absolute atomic E-state index is 0.0349. The van der Waals surface area contributed by atoms with Gasteiger partial charge in [0.15, 0.2) is 5.60 Å². The first-order chi connectivity index (χ1) is 19.2. The van der Waals surface area contributed by atoms with Crippen LogP contribution in [0.5, 0.6) is 0 Å². The maximum atomic E-state index is 13.6. The number of anilines is 1. The van der Waals surface area contributed by atoms with E-state index in [2.05, 4.69) is 0 Å². The minimum atomic E-state index is -4.88. The van der Waals surface area contributed by atoms with Crippen molar-refractivity contribution in [3.63, 3.8) is 0 Å². The average Bonchev–Trinajstić information content (AvgIpc) is 3.49. The standard InChI is InChI=1S/C27H32F3N3O5S3/c1-3-15-31(40(35,36)24-8-5-4-6-9-24)19-23-20-32(41(37,38)25-10-7-18-39-25)16-17-33(23)22-13-11-21(12-14-22)26(2,34)27(28,29)30/h4-14,18,23,34H,3,15-17,19-20H2,1-2H3/t23-,26?/m1/s1. The quantitative estimate of drug-likeness (QED) is 0.354. The molecule has 0 bridgehead atoms. The van der Waals surface area contributed by atoms with Gasteiger partial charge >= 0.3 is 6.18 Å². The number of sulfonamides is 2. The predicted octanol–water partition coefficient (Wildman–Crippen LogP) is 4.50. The lowest BCUT2D eigenvalue weighted by Gasteiger charge is -2.43. The van der Waals surface area contributed by atoms with Crippen molar-refractivity contribution >= 4 is 37.1 Å². The van der Waals surface area contributed by atoms with Crippen LogP contribution in [0.3, 0.4) is 0 Å². The summed E-state index contributed by atoms with van der Waals surface area (Å²) in [7, 11) is -7.76. The van der Waals surface area contributed by atoms with Gasteiger partial charge in [-0.15, -0.1) is 11.3 Å². The molecule has 1 aliphatic rings. The zero-order valence-corrected chi connectivity index (χ0v) is 25.0. The fourth-order valence-corrected chi connectivity index (χ4v) is 8.96. The highest BCUT2D eigenvalue weighted by Gasteiger charge is 2.51. The zero-order valence-electron chi connectivity index (χ0n) is 22.5. The monoisotopic (exact) mass is 631 g/mol. The van der Waals surface area contributed by atoms with Gasteiger partial charge in [0.1, 0.15) is 4.21 Å². The Balaban J connectivity index is 1.70. The van der Waals surface area contributed by atoms with E-state index in [-0.39, 0.29) is 47.4 Å². The predicted molar refractivity (Wildman–Crippen MR) is 152 cm³/mol. The Kier molecular flexibility index (Phi) is 9.21. The molecule has 2 atom stereocenters. The number of aliphatic hydroxyl groups is 1. The van der Waals surface area contributed by atoms with Crippen LogP contribution in [0.1, 0.15) is 25.8 Å². The molecule has 14 heteroatoms. The van der Waals surface area contributed by atoms with Crippen LogP contribution in [0.4, 0.5) is 18.9 Å². The van der Waals surface area contributed by atoms with Gasteiger partial charge in [-0.05, 0) is 54.6 Å². The lowest BCUT2D eigenvalue weighted by Crippen LogP contribution is -2.58. The normalized spacial score (nSPS) is 18.9. The molecule has 1 aromatic heterocycles. The van der Waals surface area contributed by atoms with Gasteiger partial charge in [-0.2, -0.15) is 21.8 Å². The molecular formula is C27H32F3N3O5S3. The van der Waals surface area contributed by atoms with Gasteiger partial charge in [0, 0.05) is 38.4 Å². The number of benzene rings is 2. The molecule has 0 aliphatic carbocycles. The third-order valence-electron chi connectivity index (χ3n) is 7.12. The van der Waals surface area contributed by atoms with E-state index in [4.69, 9.17) is 0 Å². The number of halogens is 3. The number of piperazine rings is 1. The SMILES string of the molecule is CCCN(C[C@@H]1CN(S(=O)(=O)c2cccs2)CCN1c1ccc(C(C)(O)C(F)(F)F)cc1)S(=O)(=O)c1ccccc1. The fraction of sp³-hybridized carbons (Fsp3) is 0.407. The molecule has 0 radical (unpaired) electrons. The van der Waals surface area contributed by atoms with Crippen molar-refractivity contribution in [3.05, 3.63) is 77.7 Å². The summed E-state index contributed by atoms with van der Waals surface area (Å²) in [6.07, 6.45) is -4.37.